The molecule has 3 N–H and O–H groups in total. The van der Waals surface area contributed by atoms with Crippen molar-refractivity contribution in [3.8, 4) is 0 Å². The van der Waals surface area contributed by atoms with Crippen molar-refractivity contribution in [1.29, 1.82) is 0 Å². The van der Waals surface area contributed by atoms with Crippen LogP contribution in [0.3, 0.4) is 0 Å². The molecule has 0 aliphatic rings. The number of hydrogen-bond donors (Lipinski definition) is 3. The van der Waals surface area contributed by atoms with E-state index in [1.54, 1.807) is 18.4 Å². The van der Waals surface area contributed by atoms with E-state index in [2.05, 4.69) is 27.0 Å². The lowest BCUT2D eigenvalue weighted by Gasteiger charge is -2.12. The fraction of sp³-hybridized carbons (Fsp3) is 0.500. The number of hydrogen-bond acceptors (Lipinski definition) is 3. The zero-order chi connectivity index (χ0) is 13.4. The van der Waals surface area contributed by atoms with Crippen molar-refractivity contribution in [2.45, 2.75) is 26.4 Å². The molecule has 0 aliphatic carbocycles. The highest BCUT2D eigenvalue weighted by molar-refractivity contribution is 7.09. The maximum absolute atomic E-state index is 11.5. The summed E-state index contributed by atoms with van der Waals surface area (Å²) in [6.45, 7) is 4.80. The summed E-state index contributed by atoms with van der Waals surface area (Å²) in [6.07, 6.45) is 0. The third-order valence-corrected chi connectivity index (χ3v) is 2.98. The highest BCUT2D eigenvalue weighted by Crippen LogP contribution is 2.06. The van der Waals surface area contributed by atoms with Gasteiger partial charge in [0, 0.05) is 18.0 Å². The lowest BCUT2D eigenvalue weighted by Crippen LogP contribution is -2.44. The second-order valence-corrected chi connectivity index (χ2v) is 5.11. The number of rotatable bonds is 5. The normalized spacial score (nSPS) is 11.4. The van der Waals surface area contributed by atoms with Crippen LogP contribution in [-0.4, -0.2) is 31.5 Å². The summed E-state index contributed by atoms with van der Waals surface area (Å²) in [5.41, 5.74) is 0. The van der Waals surface area contributed by atoms with Crippen LogP contribution >= 0.6 is 11.3 Å². The third-order valence-electron chi connectivity index (χ3n) is 2.10. The second kappa shape index (κ2) is 7.71. The molecule has 100 valence electrons. The highest BCUT2D eigenvalue weighted by atomic mass is 32.1. The van der Waals surface area contributed by atoms with E-state index in [1.807, 2.05) is 25.3 Å². The monoisotopic (exact) mass is 268 g/mol. The molecule has 18 heavy (non-hydrogen) atoms. The van der Waals surface area contributed by atoms with Gasteiger partial charge in [0.25, 0.3) is 0 Å². The van der Waals surface area contributed by atoms with E-state index in [-0.39, 0.29) is 18.5 Å². The maximum Gasteiger partial charge on any atom is 0.239 e. The number of carbonyl (C=O) groups is 1. The van der Waals surface area contributed by atoms with Gasteiger partial charge >= 0.3 is 0 Å². The number of guanidine groups is 1. The Hall–Kier alpha value is -1.56. The molecule has 0 saturated heterocycles. The number of carbonyl (C=O) groups excluding carboxylic acids is 1. The molecule has 6 heteroatoms. The predicted molar refractivity (Wildman–Crippen MR) is 75.8 cm³/mol. The summed E-state index contributed by atoms with van der Waals surface area (Å²) in [7, 11) is 1.68. The standard InChI is InChI=1S/C12H20N4OS/c1-9(2)16-11(17)8-15-12(13-3)14-7-10-5-4-6-18-10/h4-6,9H,7-8H2,1-3H3,(H,16,17)(H2,13,14,15). The van der Waals surface area contributed by atoms with Crippen molar-refractivity contribution in [3.63, 3.8) is 0 Å². The van der Waals surface area contributed by atoms with Gasteiger partial charge in [-0.05, 0) is 25.3 Å². The minimum absolute atomic E-state index is 0.0379. The number of thiophene rings is 1. The van der Waals surface area contributed by atoms with Crippen LogP contribution in [0.5, 0.6) is 0 Å². The van der Waals surface area contributed by atoms with Crippen molar-refractivity contribution in [1.82, 2.24) is 16.0 Å². The molecule has 0 unspecified atom stereocenters. The summed E-state index contributed by atoms with van der Waals surface area (Å²) in [5, 5.41) is 11.0. The van der Waals surface area contributed by atoms with Gasteiger partial charge in [0.2, 0.25) is 5.91 Å². The van der Waals surface area contributed by atoms with Gasteiger partial charge in [-0.3, -0.25) is 9.79 Å². The molecule has 1 heterocycles. The first-order valence-corrected chi connectivity index (χ1v) is 6.76. The molecule has 0 aromatic carbocycles. The first-order chi connectivity index (χ1) is 8.61. The molecule has 0 saturated carbocycles. The molecule has 5 nitrogen and oxygen atoms in total. The van der Waals surface area contributed by atoms with Gasteiger partial charge in [-0.2, -0.15) is 0 Å². The third kappa shape index (κ3) is 5.67. The lowest BCUT2D eigenvalue weighted by molar-refractivity contribution is -0.120. The molecule has 0 radical (unpaired) electrons. The lowest BCUT2D eigenvalue weighted by atomic mass is 10.4. The molecule has 0 bridgehead atoms. The van der Waals surface area contributed by atoms with Gasteiger partial charge in [0.1, 0.15) is 0 Å². The summed E-state index contributed by atoms with van der Waals surface area (Å²) in [5.74, 6) is 0.589. The topological polar surface area (TPSA) is 65.5 Å². The van der Waals surface area contributed by atoms with Gasteiger partial charge in [0.15, 0.2) is 5.96 Å². The van der Waals surface area contributed by atoms with Crippen LogP contribution in [0.4, 0.5) is 0 Å². The van der Waals surface area contributed by atoms with Crippen molar-refractivity contribution in [3.05, 3.63) is 22.4 Å². The van der Waals surface area contributed by atoms with Crippen LogP contribution in [-0.2, 0) is 11.3 Å². The summed E-state index contributed by atoms with van der Waals surface area (Å²) >= 11 is 1.68. The van der Waals surface area contributed by atoms with E-state index >= 15 is 0 Å². The molecule has 1 aromatic heterocycles. The minimum Gasteiger partial charge on any atom is -0.352 e. The summed E-state index contributed by atoms with van der Waals surface area (Å²) in [6, 6.07) is 4.21. The number of nitrogens with one attached hydrogen (secondary N) is 3. The SMILES string of the molecule is CN=C(NCC(=O)NC(C)C)NCc1cccs1. The Bertz CT molecular complexity index is 387. The molecule has 1 rings (SSSR count). The smallest absolute Gasteiger partial charge is 0.239 e. The van der Waals surface area contributed by atoms with Gasteiger partial charge in [0.05, 0.1) is 13.1 Å². The molecular weight excluding hydrogens is 248 g/mol. The van der Waals surface area contributed by atoms with E-state index in [0.29, 0.717) is 12.5 Å². The first kappa shape index (κ1) is 14.5. The van der Waals surface area contributed by atoms with E-state index < -0.39 is 0 Å². The maximum atomic E-state index is 11.5. The Kier molecular flexibility index (Phi) is 6.21. The van der Waals surface area contributed by atoms with Crippen molar-refractivity contribution in [2.75, 3.05) is 13.6 Å². The van der Waals surface area contributed by atoms with E-state index in [9.17, 15) is 4.79 Å². The fourth-order valence-electron chi connectivity index (χ4n) is 1.34. The molecular formula is C12H20N4OS. The Morgan fingerprint density at radius 1 is 1.44 bits per heavy atom. The molecule has 0 aliphatic heterocycles. The van der Waals surface area contributed by atoms with E-state index in [0.717, 1.165) is 0 Å². The van der Waals surface area contributed by atoms with Crippen LogP contribution < -0.4 is 16.0 Å². The number of aliphatic imine (C=N–C) groups is 1. The Labute approximate surface area is 112 Å². The Morgan fingerprint density at radius 3 is 2.78 bits per heavy atom. The molecule has 1 amide bonds. The Balaban J connectivity index is 2.28. The van der Waals surface area contributed by atoms with E-state index in [1.165, 1.54) is 4.88 Å². The first-order valence-electron chi connectivity index (χ1n) is 5.88. The van der Waals surface area contributed by atoms with E-state index in [4.69, 9.17) is 0 Å². The predicted octanol–water partition coefficient (Wildman–Crippen LogP) is 0.938. The largest absolute Gasteiger partial charge is 0.352 e. The highest BCUT2D eigenvalue weighted by Gasteiger charge is 2.04. The minimum atomic E-state index is -0.0379. The van der Waals surface area contributed by atoms with Gasteiger partial charge < -0.3 is 16.0 Å². The van der Waals surface area contributed by atoms with Gasteiger partial charge in [-0.25, -0.2) is 0 Å². The van der Waals surface area contributed by atoms with Crippen LogP contribution in [0.15, 0.2) is 22.5 Å². The molecule has 0 spiro atoms. The molecule has 0 fully saturated rings. The van der Waals surface area contributed by atoms with Crippen LogP contribution in [0, 0.1) is 0 Å². The zero-order valence-electron chi connectivity index (χ0n) is 11.0. The number of nitrogens with zero attached hydrogens (tertiary/aromatic N) is 1. The van der Waals surface area contributed by atoms with Gasteiger partial charge in [-0.15, -0.1) is 11.3 Å². The molecule has 1 aromatic rings. The van der Waals surface area contributed by atoms with Crippen molar-refractivity contribution < 1.29 is 4.79 Å². The number of amides is 1. The van der Waals surface area contributed by atoms with Crippen LogP contribution in [0.1, 0.15) is 18.7 Å². The quantitative estimate of drug-likeness (QED) is 0.550. The average molecular weight is 268 g/mol. The van der Waals surface area contributed by atoms with Gasteiger partial charge in [-0.1, -0.05) is 6.07 Å². The van der Waals surface area contributed by atoms with Crippen molar-refractivity contribution in [2.24, 2.45) is 4.99 Å². The summed E-state index contributed by atoms with van der Waals surface area (Å²) in [4.78, 5) is 16.7. The van der Waals surface area contributed by atoms with Crippen LogP contribution in [0.25, 0.3) is 0 Å². The Morgan fingerprint density at radius 2 is 2.22 bits per heavy atom. The molecule has 0 atom stereocenters. The van der Waals surface area contributed by atoms with Crippen molar-refractivity contribution >= 4 is 23.2 Å². The van der Waals surface area contributed by atoms with Crippen LogP contribution in [0.2, 0.25) is 0 Å². The second-order valence-electron chi connectivity index (χ2n) is 4.08. The zero-order valence-corrected chi connectivity index (χ0v) is 11.8. The summed E-state index contributed by atoms with van der Waals surface area (Å²) < 4.78 is 0. The fourth-order valence-corrected chi connectivity index (χ4v) is 1.99. The average Bonchev–Trinajstić information content (AvgIpc) is 2.81.